The third-order valence-electron chi connectivity index (χ3n) is 5.44. The molecule has 2 heterocycles. The molecule has 4 rings (SSSR count). The number of urea groups is 1. The maximum atomic E-state index is 13.3. The second kappa shape index (κ2) is 10.2. The number of aromatic nitrogens is 2. The third-order valence-corrected chi connectivity index (χ3v) is 5.70. The van der Waals surface area contributed by atoms with Gasteiger partial charge < -0.3 is 9.47 Å². The lowest BCUT2D eigenvalue weighted by atomic mass is 10.2. The molecule has 0 bridgehead atoms. The van der Waals surface area contributed by atoms with Crippen LogP contribution in [0.5, 0.6) is 17.5 Å². The maximum Gasteiger partial charge on any atom is 0.573 e. The van der Waals surface area contributed by atoms with Crippen molar-refractivity contribution in [1.29, 1.82) is 0 Å². The summed E-state index contributed by atoms with van der Waals surface area (Å²) in [5, 5.41) is 0.420. The number of anilines is 1. The van der Waals surface area contributed by atoms with Gasteiger partial charge in [-0.1, -0.05) is 29.8 Å². The monoisotopic (exact) mass is 563 g/mol. The third kappa shape index (κ3) is 6.19. The number of fused-ring (bicyclic) bond motifs is 1. The Morgan fingerprint density at radius 1 is 1.00 bits per heavy atom. The number of hydrogen-bond donors (Lipinski definition) is 1. The number of hydrogen-bond acceptors (Lipinski definition) is 5. The minimum absolute atomic E-state index is 0.0894. The normalized spacial score (nSPS) is 16.0. The zero-order valence-corrected chi connectivity index (χ0v) is 20.1. The molecule has 38 heavy (non-hydrogen) atoms. The predicted octanol–water partition coefficient (Wildman–Crippen LogP) is 4.82. The lowest BCUT2D eigenvalue weighted by Gasteiger charge is -2.26. The number of amides is 3. The number of nitrogens with zero attached hydrogens (tertiary/aromatic N) is 3. The van der Waals surface area contributed by atoms with E-state index in [1.54, 1.807) is 24.3 Å². The van der Waals surface area contributed by atoms with Crippen molar-refractivity contribution in [3.05, 3.63) is 64.8 Å². The van der Waals surface area contributed by atoms with E-state index < -0.39 is 48.1 Å². The van der Waals surface area contributed by atoms with Crippen molar-refractivity contribution in [3.8, 4) is 17.5 Å². The number of ether oxygens (including phenoxy) is 2. The SMILES string of the molecule is CN1C(=O)[NH+](CCC(F)(F)F)C(=O)c2c1nc(Oc1cccc(OC(F)(F)F)c1)n2Cc1ccc(Cl)cc1. The molecule has 0 aliphatic carbocycles. The van der Waals surface area contributed by atoms with Crippen LogP contribution < -0.4 is 19.3 Å². The topological polar surface area (TPSA) is 78.1 Å². The Morgan fingerprint density at radius 3 is 2.29 bits per heavy atom. The lowest BCUT2D eigenvalue weighted by Crippen LogP contribution is -3.19. The number of rotatable bonds is 7. The number of imidazole rings is 1. The van der Waals surface area contributed by atoms with E-state index in [0.717, 1.165) is 17.0 Å². The van der Waals surface area contributed by atoms with Crippen molar-refractivity contribution < 1.29 is 50.3 Å². The maximum absolute atomic E-state index is 13.3. The molecule has 1 N–H and O–H groups in total. The van der Waals surface area contributed by atoms with Gasteiger partial charge >= 0.3 is 30.5 Å². The number of halogens is 7. The van der Waals surface area contributed by atoms with Gasteiger partial charge in [0.15, 0.2) is 11.5 Å². The molecular formula is C23H18ClF6N4O4+. The van der Waals surface area contributed by atoms with Crippen LogP contribution in [-0.4, -0.2) is 47.6 Å². The van der Waals surface area contributed by atoms with Gasteiger partial charge in [-0.3, -0.25) is 4.57 Å². The van der Waals surface area contributed by atoms with E-state index in [2.05, 4.69) is 9.72 Å². The Labute approximate surface area is 215 Å². The Hall–Kier alpha value is -3.78. The average Bonchev–Trinajstić information content (AvgIpc) is 3.15. The molecule has 3 amide bonds. The average molecular weight is 564 g/mol. The largest absolute Gasteiger partial charge is 0.573 e. The van der Waals surface area contributed by atoms with Gasteiger partial charge in [0.05, 0.1) is 13.0 Å². The minimum atomic E-state index is -4.96. The summed E-state index contributed by atoms with van der Waals surface area (Å²) in [6, 6.07) is 9.64. The number of quaternary nitrogens is 1. The van der Waals surface area contributed by atoms with Gasteiger partial charge in [-0.05, 0) is 29.8 Å². The van der Waals surface area contributed by atoms with Gasteiger partial charge in [-0.25, -0.2) is 14.5 Å². The van der Waals surface area contributed by atoms with Crippen LogP contribution in [0.1, 0.15) is 22.5 Å². The van der Waals surface area contributed by atoms with E-state index in [1.165, 1.54) is 23.7 Å². The number of carbonyl (C=O) groups is 2. The van der Waals surface area contributed by atoms with Gasteiger partial charge in [-0.2, -0.15) is 23.1 Å². The Balaban J connectivity index is 1.76. The molecular weight excluding hydrogens is 546 g/mol. The summed E-state index contributed by atoms with van der Waals surface area (Å²) < 4.78 is 87.3. The van der Waals surface area contributed by atoms with Crippen LogP contribution in [0.3, 0.4) is 0 Å². The highest BCUT2D eigenvalue weighted by Crippen LogP contribution is 2.33. The van der Waals surface area contributed by atoms with Crippen LogP contribution in [0.15, 0.2) is 48.5 Å². The van der Waals surface area contributed by atoms with Gasteiger partial charge in [0.2, 0.25) is 0 Å². The highest BCUT2D eigenvalue weighted by atomic mass is 35.5. The zero-order valence-electron chi connectivity index (χ0n) is 19.4. The molecule has 15 heteroatoms. The van der Waals surface area contributed by atoms with E-state index in [-0.39, 0.29) is 29.8 Å². The summed E-state index contributed by atoms with van der Waals surface area (Å²) in [5.74, 6) is -1.86. The molecule has 0 radical (unpaired) electrons. The van der Waals surface area contributed by atoms with Gasteiger partial charge in [0, 0.05) is 18.1 Å². The second-order valence-electron chi connectivity index (χ2n) is 8.19. The second-order valence-corrected chi connectivity index (χ2v) is 8.63. The fourth-order valence-corrected chi connectivity index (χ4v) is 3.87. The smallest absolute Gasteiger partial charge is 0.425 e. The Bertz CT molecular complexity index is 1360. The molecule has 1 unspecified atom stereocenters. The quantitative estimate of drug-likeness (QED) is 0.417. The molecule has 2 aromatic carbocycles. The Kier molecular flexibility index (Phi) is 7.30. The molecule has 0 spiro atoms. The fraction of sp³-hybridized carbons (Fsp3) is 0.261. The highest BCUT2D eigenvalue weighted by Gasteiger charge is 2.47. The van der Waals surface area contributed by atoms with Crippen LogP contribution in [0.4, 0.5) is 37.0 Å². The van der Waals surface area contributed by atoms with Crippen molar-refractivity contribution in [2.45, 2.75) is 25.5 Å². The summed E-state index contributed by atoms with van der Waals surface area (Å²) in [5.41, 5.74) is 0.370. The summed E-state index contributed by atoms with van der Waals surface area (Å²) in [6.45, 7) is -0.933. The van der Waals surface area contributed by atoms with Crippen LogP contribution in [0, 0.1) is 0 Å². The van der Waals surface area contributed by atoms with E-state index >= 15 is 0 Å². The van der Waals surface area contributed by atoms with E-state index in [1.807, 2.05) is 0 Å². The number of carbonyl (C=O) groups excluding carboxylic acids is 2. The molecule has 8 nitrogen and oxygen atoms in total. The van der Waals surface area contributed by atoms with Crippen LogP contribution >= 0.6 is 11.6 Å². The lowest BCUT2D eigenvalue weighted by molar-refractivity contribution is -0.726. The first kappa shape index (κ1) is 27.3. The van der Waals surface area contributed by atoms with Crippen molar-refractivity contribution >= 4 is 29.4 Å². The number of benzene rings is 2. The van der Waals surface area contributed by atoms with Gasteiger partial charge in [-0.15, -0.1) is 13.2 Å². The van der Waals surface area contributed by atoms with Crippen molar-refractivity contribution in [1.82, 2.24) is 9.55 Å². The van der Waals surface area contributed by atoms with Gasteiger partial charge in [0.25, 0.3) is 0 Å². The first-order chi connectivity index (χ1) is 17.7. The first-order valence-corrected chi connectivity index (χ1v) is 11.2. The molecule has 0 saturated heterocycles. The summed E-state index contributed by atoms with van der Waals surface area (Å²) in [7, 11) is 1.24. The standard InChI is InChI=1S/C23H17ClF6N4O4/c1-32-18-17(19(35)33(21(32)36)10-9-22(25,26)27)34(12-13-5-7-14(24)8-6-13)20(31-18)37-15-3-2-4-16(11-15)38-23(28,29)30/h2-8,11H,9-10,12H2,1H3/p+1. The highest BCUT2D eigenvalue weighted by molar-refractivity contribution is 6.30. The summed E-state index contributed by atoms with van der Waals surface area (Å²) >= 11 is 5.93. The van der Waals surface area contributed by atoms with E-state index in [9.17, 15) is 35.9 Å². The molecule has 1 atom stereocenters. The molecule has 0 fully saturated rings. The van der Waals surface area contributed by atoms with Crippen LogP contribution in [-0.2, 0) is 6.54 Å². The van der Waals surface area contributed by atoms with Crippen molar-refractivity contribution in [2.75, 3.05) is 18.5 Å². The van der Waals surface area contributed by atoms with Crippen molar-refractivity contribution in [3.63, 3.8) is 0 Å². The molecule has 0 saturated carbocycles. The molecule has 1 aromatic heterocycles. The molecule has 1 aliphatic heterocycles. The molecule has 202 valence electrons. The minimum Gasteiger partial charge on any atom is -0.425 e. The number of imide groups is 1. The number of nitrogens with one attached hydrogen (secondary N) is 1. The van der Waals surface area contributed by atoms with Gasteiger partial charge in [0.1, 0.15) is 18.0 Å². The summed E-state index contributed by atoms with van der Waals surface area (Å²) in [6.07, 6.45) is -10.9. The van der Waals surface area contributed by atoms with E-state index in [4.69, 9.17) is 16.3 Å². The molecule has 3 aromatic rings. The first-order valence-electron chi connectivity index (χ1n) is 10.9. The Morgan fingerprint density at radius 2 is 1.66 bits per heavy atom. The van der Waals surface area contributed by atoms with Crippen molar-refractivity contribution in [2.24, 2.45) is 0 Å². The summed E-state index contributed by atoms with van der Waals surface area (Å²) in [4.78, 5) is 30.6. The fourth-order valence-electron chi connectivity index (χ4n) is 3.74. The van der Waals surface area contributed by atoms with Crippen LogP contribution in [0.25, 0.3) is 0 Å². The molecule has 1 aliphatic rings. The number of alkyl halides is 6. The van der Waals surface area contributed by atoms with Crippen LogP contribution in [0.2, 0.25) is 5.02 Å². The zero-order chi connectivity index (χ0) is 27.8. The van der Waals surface area contributed by atoms with E-state index in [0.29, 0.717) is 10.6 Å². The predicted molar refractivity (Wildman–Crippen MR) is 121 cm³/mol.